The van der Waals surface area contributed by atoms with E-state index in [4.69, 9.17) is 5.73 Å². The Kier molecular flexibility index (Phi) is 2.85. The lowest BCUT2D eigenvalue weighted by molar-refractivity contribution is 0.0996. The zero-order chi connectivity index (χ0) is 9.84. The van der Waals surface area contributed by atoms with Crippen LogP contribution in [-0.2, 0) is 0 Å². The SMILES string of the molecule is C=CCC(=O)c1cc(C)ccc1N. The smallest absolute Gasteiger partial charge is 0.168 e. The molecule has 0 atom stereocenters. The van der Waals surface area contributed by atoms with Crippen LogP contribution in [0.2, 0.25) is 0 Å². The van der Waals surface area contributed by atoms with Gasteiger partial charge in [-0.05, 0) is 19.1 Å². The number of rotatable bonds is 3. The second kappa shape index (κ2) is 3.90. The largest absolute Gasteiger partial charge is 0.398 e. The highest BCUT2D eigenvalue weighted by molar-refractivity contribution is 6.01. The van der Waals surface area contributed by atoms with E-state index in [0.717, 1.165) is 5.56 Å². The first-order chi connectivity index (χ1) is 6.15. The van der Waals surface area contributed by atoms with Crippen LogP contribution >= 0.6 is 0 Å². The number of carbonyl (C=O) groups excluding carboxylic acids is 1. The summed E-state index contributed by atoms with van der Waals surface area (Å²) >= 11 is 0. The average Bonchev–Trinajstić information content (AvgIpc) is 2.09. The van der Waals surface area contributed by atoms with Gasteiger partial charge in [0.1, 0.15) is 0 Å². The molecule has 0 unspecified atom stereocenters. The van der Waals surface area contributed by atoms with Gasteiger partial charge in [-0.25, -0.2) is 0 Å². The van der Waals surface area contributed by atoms with Crippen LogP contribution in [-0.4, -0.2) is 5.78 Å². The van der Waals surface area contributed by atoms with Gasteiger partial charge in [-0.1, -0.05) is 17.7 Å². The van der Waals surface area contributed by atoms with Crippen molar-refractivity contribution in [3.8, 4) is 0 Å². The molecule has 0 bridgehead atoms. The molecule has 0 radical (unpaired) electrons. The Balaban J connectivity index is 3.05. The Hall–Kier alpha value is -1.57. The van der Waals surface area contributed by atoms with Gasteiger partial charge >= 0.3 is 0 Å². The van der Waals surface area contributed by atoms with Crippen molar-refractivity contribution < 1.29 is 4.79 Å². The summed E-state index contributed by atoms with van der Waals surface area (Å²) in [5.74, 6) is 0.0243. The van der Waals surface area contributed by atoms with Crippen molar-refractivity contribution in [1.82, 2.24) is 0 Å². The lowest BCUT2D eigenvalue weighted by Gasteiger charge is -2.03. The predicted octanol–water partition coefficient (Wildman–Crippen LogP) is 2.34. The van der Waals surface area contributed by atoms with Gasteiger partial charge in [0.05, 0.1) is 0 Å². The molecule has 0 saturated heterocycles. The maximum Gasteiger partial charge on any atom is 0.168 e. The van der Waals surface area contributed by atoms with E-state index in [-0.39, 0.29) is 5.78 Å². The molecule has 0 aliphatic heterocycles. The molecule has 1 aromatic carbocycles. The minimum absolute atomic E-state index is 0.0243. The molecule has 2 nitrogen and oxygen atoms in total. The number of nitrogen functional groups attached to an aromatic ring is 1. The molecule has 13 heavy (non-hydrogen) atoms. The van der Waals surface area contributed by atoms with Crippen molar-refractivity contribution in [3.05, 3.63) is 42.0 Å². The quantitative estimate of drug-likeness (QED) is 0.435. The Morgan fingerprint density at radius 2 is 2.31 bits per heavy atom. The topological polar surface area (TPSA) is 43.1 Å². The number of carbonyl (C=O) groups is 1. The summed E-state index contributed by atoms with van der Waals surface area (Å²) in [6, 6.07) is 5.45. The summed E-state index contributed by atoms with van der Waals surface area (Å²) in [5, 5.41) is 0. The van der Waals surface area contributed by atoms with Crippen LogP contribution in [0.4, 0.5) is 5.69 Å². The van der Waals surface area contributed by atoms with Crippen LogP contribution in [0.25, 0.3) is 0 Å². The first kappa shape index (κ1) is 9.52. The Labute approximate surface area is 78.1 Å². The number of Topliss-reactive ketones (excluding diaryl/α,β-unsaturated/α-hetero) is 1. The molecular weight excluding hydrogens is 162 g/mol. The number of benzene rings is 1. The monoisotopic (exact) mass is 175 g/mol. The van der Waals surface area contributed by atoms with Crippen LogP contribution < -0.4 is 5.73 Å². The fourth-order valence-corrected chi connectivity index (χ4v) is 1.15. The van der Waals surface area contributed by atoms with Crippen molar-refractivity contribution in [2.75, 3.05) is 5.73 Å². The number of hydrogen-bond donors (Lipinski definition) is 1. The Bertz CT molecular complexity index is 342. The summed E-state index contributed by atoms with van der Waals surface area (Å²) in [5.41, 5.74) is 7.85. The summed E-state index contributed by atoms with van der Waals surface area (Å²) in [6.45, 7) is 5.45. The highest BCUT2D eigenvalue weighted by Gasteiger charge is 2.07. The third-order valence-electron chi connectivity index (χ3n) is 1.84. The van der Waals surface area contributed by atoms with E-state index in [9.17, 15) is 4.79 Å². The molecule has 68 valence electrons. The lowest BCUT2D eigenvalue weighted by atomic mass is 10.0. The van der Waals surface area contributed by atoms with Gasteiger partial charge in [-0.2, -0.15) is 0 Å². The Morgan fingerprint density at radius 3 is 2.92 bits per heavy atom. The van der Waals surface area contributed by atoms with E-state index < -0.39 is 0 Å². The predicted molar refractivity (Wildman–Crippen MR) is 54.7 cm³/mol. The number of nitrogens with two attached hydrogens (primary N) is 1. The summed E-state index contributed by atoms with van der Waals surface area (Å²) in [7, 11) is 0. The van der Waals surface area contributed by atoms with Gasteiger partial charge in [-0.3, -0.25) is 4.79 Å². The number of ketones is 1. The van der Waals surface area contributed by atoms with Crippen molar-refractivity contribution in [2.24, 2.45) is 0 Å². The van der Waals surface area contributed by atoms with E-state index in [1.165, 1.54) is 0 Å². The fraction of sp³-hybridized carbons (Fsp3) is 0.182. The number of allylic oxidation sites excluding steroid dienone is 1. The molecule has 0 aliphatic rings. The van der Waals surface area contributed by atoms with Gasteiger partial charge in [0.25, 0.3) is 0 Å². The molecule has 1 rings (SSSR count). The third kappa shape index (κ3) is 2.18. The molecule has 0 fully saturated rings. The third-order valence-corrected chi connectivity index (χ3v) is 1.84. The van der Waals surface area contributed by atoms with Crippen LogP contribution in [0.15, 0.2) is 30.9 Å². The van der Waals surface area contributed by atoms with Gasteiger partial charge < -0.3 is 5.73 Å². The minimum atomic E-state index is 0.0243. The number of hydrogen-bond acceptors (Lipinski definition) is 2. The molecule has 0 aliphatic carbocycles. The number of anilines is 1. The second-order valence-electron chi connectivity index (χ2n) is 3.01. The molecule has 0 saturated carbocycles. The molecule has 0 spiro atoms. The maximum absolute atomic E-state index is 11.5. The van der Waals surface area contributed by atoms with Gasteiger partial charge in [0.2, 0.25) is 0 Å². The van der Waals surface area contributed by atoms with Crippen molar-refractivity contribution >= 4 is 11.5 Å². The second-order valence-corrected chi connectivity index (χ2v) is 3.01. The van der Waals surface area contributed by atoms with Crippen LogP contribution in [0.3, 0.4) is 0 Å². The molecule has 0 aromatic heterocycles. The first-order valence-corrected chi connectivity index (χ1v) is 4.15. The van der Waals surface area contributed by atoms with Gasteiger partial charge in [-0.15, -0.1) is 6.58 Å². The van der Waals surface area contributed by atoms with E-state index in [1.54, 1.807) is 18.2 Å². The van der Waals surface area contributed by atoms with Gasteiger partial charge in [0, 0.05) is 17.7 Å². The van der Waals surface area contributed by atoms with Crippen LogP contribution in [0, 0.1) is 6.92 Å². The highest BCUT2D eigenvalue weighted by Crippen LogP contribution is 2.15. The zero-order valence-corrected chi connectivity index (χ0v) is 7.71. The highest BCUT2D eigenvalue weighted by atomic mass is 16.1. The Morgan fingerprint density at radius 1 is 1.62 bits per heavy atom. The molecule has 0 amide bonds. The van der Waals surface area contributed by atoms with E-state index >= 15 is 0 Å². The van der Waals surface area contributed by atoms with Crippen molar-refractivity contribution in [1.29, 1.82) is 0 Å². The molecule has 0 heterocycles. The standard InChI is InChI=1S/C11H13NO/c1-3-4-11(13)9-7-8(2)5-6-10(9)12/h3,5-7H,1,4,12H2,2H3. The average molecular weight is 175 g/mol. The first-order valence-electron chi connectivity index (χ1n) is 4.15. The van der Waals surface area contributed by atoms with E-state index in [1.807, 2.05) is 13.0 Å². The number of aryl methyl sites for hydroxylation is 1. The van der Waals surface area contributed by atoms with E-state index in [2.05, 4.69) is 6.58 Å². The summed E-state index contributed by atoms with van der Waals surface area (Å²) in [4.78, 5) is 11.5. The normalized spacial score (nSPS) is 9.62. The van der Waals surface area contributed by atoms with Crippen LogP contribution in [0.1, 0.15) is 22.3 Å². The van der Waals surface area contributed by atoms with Gasteiger partial charge in [0.15, 0.2) is 5.78 Å². The van der Waals surface area contributed by atoms with E-state index in [0.29, 0.717) is 17.7 Å². The fourth-order valence-electron chi connectivity index (χ4n) is 1.15. The molecule has 2 heteroatoms. The van der Waals surface area contributed by atoms with Crippen LogP contribution in [0.5, 0.6) is 0 Å². The summed E-state index contributed by atoms with van der Waals surface area (Å²) < 4.78 is 0. The minimum Gasteiger partial charge on any atom is -0.398 e. The molecule has 1 aromatic rings. The molecular formula is C11H13NO. The van der Waals surface area contributed by atoms with Crippen molar-refractivity contribution in [2.45, 2.75) is 13.3 Å². The molecule has 2 N–H and O–H groups in total. The summed E-state index contributed by atoms with van der Waals surface area (Å²) in [6.07, 6.45) is 1.93. The van der Waals surface area contributed by atoms with Crippen molar-refractivity contribution in [3.63, 3.8) is 0 Å². The zero-order valence-electron chi connectivity index (χ0n) is 7.71. The lowest BCUT2D eigenvalue weighted by Crippen LogP contribution is -2.02. The maximum atomic E-state index is 11.5.